The van der Waals surface area contributed by atoms with Crippen molar-refractivity contribution in [3.63, 3.8) is 0 Å². The molecule has 0 aliphatic heterocycles. The standard InChI is InChI=1S/C21H13F5N6O2/c22-13-8-14(23)10-15(9-13)27-20(33)28-18-6-3-12(7-17(18)19-29-31-32-30-19)11-1-4-16(5-2-11)34-21(24,25)26/h1-10H,(H2,27,28,33)(H,29,30,31,32). The molecule has 3 N–H and O–H groups in total. The molecule has 0 saturated heterocycles. The maximum Gasteiger partial charge on any atom is 0.573 e. The minimum absolute atomic E-state index is 0.101. The van der Waals surface area contributed by atoms with Crippen LogP contribution in [-0.4, -0.2) is 33.0 Å². The minimum Gasteiger partial charge on any atom is -0.406 e. The summed E-state index contributed by atoms with van der Waals surface area (Å²) < 4.78 is 67.7. The van der Waals surface area contributed by atoms with Gasteiger partial charge in [-0.25, -0.2) is 18.7 Å². The number of alkyl halides is 3. The van der Waals surface area contributed by atoms with Gasteiger partial charge in [-0.15, -0.1) is 18.3 Å². The smallest absolute Gasteiger partial charge is 0.406 e. The van der Waals surface area contributed by atoms with E-state index in [-0.39, 0.29) is 22.9 Å². The van der Waals surface area contributed by atoms with Crippen LogP contribution in [0.3, 0.4) is 0 Å². The summed E-state index contributed by atoms with van der Waals surface area (Å²) in [5, 5.41) is 18.2. The number of aromatic nitrogens is 4. The molecule has 0 radical (unpaired) electrons. The van der Waals surface area contributed by atoms with Gasteiger partial charge in [0.25, 0.3) is 0 Å². The fraction of sp³-hybridized carbons (Fsp3) is 0.0476. The fourth-order valence-electron chi connectivity index (χ4n) is 3.06. The second-order valence-electron chi connectivity index (χ2n) is 6.82. The SMILES string of the molecule is O=C(Nc1cc(F)cc(F)c1)Nc1ccc(-c2ccc(OC(F)(F)F)cc2)cc1-c1nnn[nH]1. The van der Waals surface area contributed by atoms with Crippen molar-refractivity contribution in [3.8, 4) is 28.3 Å². The van der Waals surface area contributed by atoms with Crippen molar-refractivity contribution in [3.05, 3.63) is 72.3 Å². The Morgan fingerprint density at radius 2 is 1.56 bits per heavy atom. The van der Waals surface area contributed by atoms with Crippen LogP contribution < -0.4 is 15.4 Å². The first kappa shape index (κ1) is 22.6. The van der Waals surface area contributed by atoms with Crippen molar-refractivity contribution in [2.75, 3.05) is 10.6 Å². The molecule has 13 heteroatoms. The lowest BCUT2D eigenvalue weighted by molar-refractivity contribution is -0.274. The monoisotopic (exact) mass is 476 g/mol. The van der Waals surface area contributed by atoms with E-state index in [0.717, 1.165) is 24.3 Å². The van der Waals surface area contributed by atoms with Crippen molar-refractivity contribution in [1.82, 2.24) is 20.6 Å². The van der Waals surface area contributed by atoms with Crippen LogP contribution in [0.4, 0.5) is 38.1 Å². The van der Waals surface area contributed by atoms with Crippen LogP contribution in [0.2, 0.25) is 0 Å². The third kappa shape index (κ3) is 5.62. The Bertz CT molecular complexity index is 1290. The number of hydrogen-bond donors (Lipinski definition) is 3. The molecule has 0 aliphatic rings. The molecule has 0 atom stereocenters. The largest absolute Gasteiger partial charge is 0.573 e. The topological polar surface area (TPSA) is 105 Å². The Morgan fingerprint density at radius 3 is 2.18 bits per heavy atom. The highest BCUT2D eigenvalue weighted by molar-refractivity contribution is 6.02. The van der Waals surface area contributed by atoms with Gasteiger partial charge < -0.3 is 15.4 Å². The summed E-state index contributed by atoms with van der Waals surface area (Å²) in [6.07, 6.45) is -4.81. The molecule has 174 valence electrons. The lowest BCUT2D eigenvalue weighted by atomic mass is 10.0. The van der Waals surface area contributed by atoms with Gasteiger partial charge in [-0.05, 0) is 58.0 Å². The Balaban J connectivity index is 1.59. The van der Waals surface area contributed by atoms with E-state index in [4.69, 9.17) is 0 Å². The zero-order valence-electron chi connectivity index (χ0n) is 16.8. The average molecular weight is 476 g/mol. The van der Waals surface area contributed by atoms with Gasteiger partial charge in [-0.1, -0.05) is 18.2 Å². The first-order valence-corrected chi connectivity index (χ1v) is 9.45. The van der Waals surface area contributed by atoms with Crippen LogP contribution in [0.5, 0.6) is 5.75 Å². The number of carbonyl (C=O) groups is 1. The Morgan fingerprint density at radius 1 is 0.882 bits per heavy atom. The van der Waals surface area contributed by atoms with Gasteiger partial charge in [0.15, 0.2) is 5.82 Å². The summed E-state index contributed by atoms with van der Waals surface area (Å²) in [6, 6.07) is 11.7. The predicted molar refractivity (Wildman–Crippen MR) is 111 cm³/mol. The third-order valence-corrected chi connectivity index (χ3v) is 4.41. The van der Waals surface area contributed by atoms with Crippen LogP contribution >= 0.6 is 0 Å². The molecule has 0 unspecified atom stereocenters. The number of tetrazole rings is 1. The van der Waals surface area contributed by atoms with Gasteiger partial charge in [-0.2, -0.15) is 0 Å². The number of aromatic amines is 1. The van der Waals surface area contributed by atoms with E-state index in [1.54, 1.807) is 12.1 Å². The van der Waals surface area contributed by atoms with Gasteiger partial charge in [0.2, 0.25) is 0 Å². The molecule has 0 spiro atoms. The lowest BCUT2D eigenvalue weighted by Gasteiger charge is -2.13. The Kier molecular flexibility index (Phi) is 6.08. The number of urea groups is 1. The number of hydrogen-bond acceptors (Lipinski definition) is 5. The lowest BCUT2D eigenvalue weighted by Crippen LogP contribution is -2.20. The predicted octanol–water partition coefficient (Wildman–Crippen LogP) is 5.35. The number of amides is 2. The van der Waals surface area contributed by atoms with E-state index in [2.05, 4.69) is 36.0 Å². The number of benzene rings is 3. The van der Waals surface area contributed by atoms with Crippen LogP contribution in [0, 0.1) is 11.6 Å². The number of halogens is 5. The first-order valence-electron chi connectivity index (χ1n) is 9.45. The highest BCUT2D eigenvalue weighted by atomic mass is 19.4. The molecule has 8 nitrogen and oxygen atoms in total. The second-order valence-corrected chi connectivity index (χ2v) is 6.82. The molecular formula is C21H13F5N6O2. The van der Waals surface area contributed by atoms with Gasteiger partial charge in [0.1, 0.15) is 17.4 Å². The first-order chi connectivity index (χ1) is 16.2. The van der Waals surface area contributed by atoms with Crippen molar-refractivity contribution in [2.24, 2.45) is 0 Å². The van der Waals surface area contributed by atoms with Gasteiger partial charge in [0.05, 0.1) is 5.69 Å². The zero-order valence-corrected chi connectivity index (χ0v) is 16.8. The number of carbonyl (C=O) groups excluding carboxylic acids is 1. The van der Waals surface area contributed by atoms with Crippen LogP contribution in [-0.2, 0) is 0 Å². The van der Waals surface area contributed by atoms with Crippen molar-refractivity contribution in [2.45, 2.75) is 6.36 Å². The number of nitrogens with one attached hydrogen (secondary N) is 3. The Labute approximate surface area is 187 Å². The van der Waals surface area contributed by atoms with Crippen molar-refractivity contribution in [1.29, 1.82) is 0 Å². The summed E-state index contributed by atoms with van der Waals surface area (Å²) >= 11 is 0. The van der Waals surface area contributed by atoms with E-state index >= 15 is 0 Å². The quantitative estimate of drug-likeness (QED) is 0.337. The molecule has 0 bridgehead atoms. The number of nitrogens with zero attached hydrogens (tertiary/aromatic N) is 3. The normalized spacial score (nSPS) is 11.2. The number of rotatable bonds is 5. The minimum atomic E-state index is -4.81. The number of ether oxygens (including phenoxy) is 1. The second kappa shape index (κ2) is 9.13. The van der Waals surface area contributed by atoms with Crippen LogP contribution in [0.25, 0.3) is 22.5 Å². The van der Waals surface area contributed by atoms with E-state index < -0.39 is 24.0 Å². The van der Waals surface area contributed by atoms with Crippen molar-refractivity contribution >= 4 is 17.4 Å². The van der Waals surface area contributed by atoms with Gasteiger partial charge in [-0.3, -0.25) is 0 Å². The molecule has 0 saturated carbocycles. The average Bonchev–Trinajstić information content (AvgIpc) is 3.27. The fourth-order valence-corrected chi connectivity index (χ4v) is 3.06. The van der Waals surface area contributed by atoms with E-state index in [9.17, 15) is 26.7 Å². The Hall–Kier alpha value is -4.55. The van der Waals surface area contributed by atoms with Gasteiger partial charge in [0, 0.05) is 17.3 Å². The van der Waals surface area contributed by atoms with Crippen molar-refractivity contribution < 1.29 is 31.5 Å². The summed E-state index contributed by atoms with van der Waals surface area (Å²) in [5.41, 5.74) is 1.61. The molecular weight excluding hydrogens is 463 g/mol. The summed E-state index contributed by atoms with van der Waals surface area (Å²) in [4.78, 5) is 12.4. The maximum atomic E-state index is 13.4. The maximum absolute atomic E-state index is 13.4. The molecule has 2 amide bonds. The summed E-state index contributed by atoms with van der Waals surface area (Å²) in [5.74, 6) is -1.91. The molecule has 4 aromatic rings. The highest BCUT2D eigenvalue weighted by Gasteiger charge is 2.31. The zero-order chi connectivity index (χ0) is 24.3. The van der Waals surface area contributed by atoms with Gasteiger partial charge >= 0.3 is 12.4 Å². The number of anilines is 2. The van der Waals surface area contributed by atoms with Crippen LogP contribution in [0.1, 0.15) is 0 Å². The van der Waals surface area contributed by atoms with E-state index in [0.29, 0.717) is 22.8 Å². The van der Waals surface area contributed by atoms with E-state index in [1.807, 2.05) is 0 Å². The molecule has 1 aromatic heterocycles. The third-order valence-electron chi connectivity index (χ3n) is 4.41. The van der Waals surface area contributed by atoms with E-state index in [1.165, 1.54) is 18.2 Å². The molecule has 3 aromatic carbocycles. The summed E-state index contributed by atoms with van der Waals surface area (Å²) in [7, 11) is 0. The molecule has 4 rings (SSSR count). The molecule has 0 aliphatic carbocycles. The van der Waals surface area contributed by atoms with Crippen LogP contribution in [0.15, 0.2) is 60.7 Å². The summed E-state index contributed by atoms with van der Waals surface area (Å²) in [6.45, 7) is 0. The number of H-pyrrole nitrogens is 1. The molecule has 0 fully saturated rings. The molecule has 1 heterocycles. The molecule has 34 heavy (non-hydrogen) atoms. The highest BCUT2D eigenvalue weighted by Crippen LogP contribution is 2.32.